The van der Waals surface area contributed by atoms with Crippen LogP contribution in [-0.2, 0) is 17.7 Å². The maximum absolute atomic E-state index is 12.7. The molecule has 4 aromatic rings. The van der Waals surface area contributed by atoms with Crippen molar-refractivity contribution in [2.24, 2.45) is 0 Å². The molecule has 0 atom stereocenters. The topological polar surface area (TPSA) is 68.2 Å². The van der Waals surface area contributed by atoms with Crippen molar-refractivity contribution in [2.45, 2.75) is 33.7 Å². The molecule has 37 heavy (non-hydrogen) atoms. The number of thiocarbonyl (C=S) groups is 1. The Morgan fingerprint density at radius 3 is 2.57 bits per heavy atom. The highest BCUT2D eigenvalue weighted by atomic mass is 35.5. The Morgan fingerprint density at radius 1 is 1.11 bits per heavy atom. The molecule has 0 saturated carbocycles. The number of anilines is 2. The van der Waals surface area contributed by atoms with Crippen LogP contribution in [0.25, 0.3) is 0 Å². The molecule has 2 N–H and O–H groups in total. The average molecular weight is 574 g/mol. The smallest absolute Gasteiger partial charge is 0.341 e. The van der Waals surface area contributed by atoms with Crippen molar-refractivity contribution in [3.05, 3.63) is 97.6 Å². The zero-order valence-electron chi connectivity index (χ0n) is 20.6. The highest BCUT2D eigenvalue weighted by Crippen LogP contribution is 2.31. The standard InChI is InChI=1S/C27H26Cl2N4O2S2/c1-4-35-26(34)22-14-21(12-18-8-6-5-7-9-18)37-25(22)31-27(36)30-24-16(2)32-33(17(24)3)15-19-10-11-20(28)13-23(19)29/h5-11,13-14H,4,12,15H2,1-3H3,(H2,30,31,36). The van der Waals surface area contributed by atoms with Gasteiger partial charge >= 0.3 is 5.97 Å². The van der Waals surface area contributed by atoms with Gasteiger partial charge in [0.2, 0.25) is 0 Å². The number of aryl methyl sites for hydroxylation is 1. The van der Waals surface area contributed by atoms with Gasteiger partial charge in [-0.25, -0.2) is 4.79 Å². The van der Waals surface area contributed by atoms with Crippen LogP contribution in [0.5, 0.6) is 0 Å². The lowest BCUT2D eigenvalue weighted by molar-refractivity contribution is 0.0528. The van der Waals surface area contributed by atoms with Gasteiger partial charge in [-0.1, -0.05) is 59.6 Å². The third kappa shape index (κ3) is 6.70. The second kappa shape index (κ2) is 12.1. The quantitative estimate of drug-likeness (QED) is 0.168. The zero-order chi connectivity index (χ0) is 26.5. The number of hydrogen-bond donors (Lipinski definition) is 2. The lowest BCUT2D eigenvalue weighted by atomic mass is 10.1. The molecular weight excluding hydrogens is 547 g/mol. The van der Waals surface area contributed by atoms with Crippen LogP contribution in [0.2, 0.25) is 10.0 Å². The van der Waals surface area contributed by atoms with E-state index in [4.69, 9.17) is 40.2 Å². The molecule has 0 bridgehead atoms. The second-order valence-electron chi connectivity index (χ2n) is 8.36. The van der Waals surface area contributed by atoms with E-state index >= 15 is 0 Å². The number of esters is 1. The summed E-state index contributed by atoms with van der Waals surface area (Å²) in [6, 6.07) is 17.4. The Bertz CT molecular complexity index is 1430. The minimum Gasteiger partial charge on any atom is -0.462 e. The van der Waals surface area contributed by atoms with Gasteiger partial charge in [-0.05, 0) is 62.3 Å². The molecule has 0 unspecified atom stereocenters. The van der Waals surface area contributed by atoms with Gasteiger partial charge in [-0.15, -0.1) is 11.3 Å². The zero-order valence-corrected chi connectivity index (χ0v) is 23.7. The molecular formula is C27H26Cl2N4O2S2. The van der Waals surface area contributed by atoms with Gasteiger partial charge in [0.1, 0.15) is 5.00 Å². The maximum Gasteiger partial charge on any atom is 0.341 e. The third-order valence-electron chi connectivity index (χ3n) is 5.68. The number of nitrogens with zero attached hydrogens (tertiary/aromatic N) is 2. The van der Waals surface area contributed by atoms with Gasteiger partial charge in [-0.2, -0.15) is 5.10 Å². The van der Waals surface area contributed by atoms with E-state index in [1.165, 1.54) is 11.3 Å². The van der Waals surface area contributed by atoms with Gasteiger partial charge < -0.3 is 15.4 Å². The Hall–Kier alpha value is -2.91. The van der Waals surface area contributed by atoms with Gasteiger partial charge in [0, 0.05) is 21.3 Å². The third-order valence-corrected chi connectivity index (χ3v) is 7.52. The first kappa shape index (κ1) is 27.1. The first-order valence-electron chi connectivity index (χ1n) is 11.6. The first-order valence-corrected chi connectivity index (χ1v) is 13.6. The van der Waals surface area contributed by atoms with Crippen LogP contribution in [0.1, 0.15) is 44.7 Å². The van der Waals surface area contributed by atoms with Crippen LogP contribution in [0.4, 0.5) is 10.7 Å². The average Bonchev–Trinajstić information content (AvgIpc) is 3.36. The van der Waals surface area contributed by atoms with E-state index < -0.39 is 0 Å². The Kier molecular flexibility index (Phi) is 8.87. The predicted molar refractivity (Wildman–Crippen MR) is 157 cm³/mol. The molecule has 0 spiro atoms. The first-order chi connectivity index (χ1) is 17.7. The highest BCUT2D eigenvalue weighted by Gasteiger charge is 2.20. The summed E-state index contributed by atoms with van der Waals surface area (Å²) in [4.78, 5) is 13.7. The normalized spacial score (nSPS) is 10.8. The number of ether oxygens (including phenoxy) is 1. The number of benzene rings is 2. The SMILES string of the molecule is CCOC(=O)c1cc(Cc2ccccc2)sc1NC(=S)Nc1c(C)nn(Cc2ccc(Cl)cc2Cl)c1C. The number of hydrogen-bond acceptors (Lipinski definition) is 5. The van der Waals surface area contributed by atoms with Gasteiger partial charge in [0.25, 0.3) is 0 Å². The maximum atomic E-state index is 12.7. The fourth-order valence-corrected chi connectivity index (χ4v) is 5.69. The number of carbonyl (C=O) groups excluding carboxylic acids is 1. The molecule has 0 radical (unpaired) electrons. The Balaban J connectivity index is 1.52. The van der Waals surface area contributed by atoms with Crippen LogP contribution in [0, 0.1) is 13.8 Å². The summed E-state index contributed by atoms with van der Waals surface area (Å²) < 4.78 is 7.14. The lowest BCUT2D eigenvalue weighted by Gasteiger charge is -2.12. The summed E-state index contributed by atoms with van der Waals surface area (Å²) in [5.74, 6) is -0.386. The second-order valence-corrected chi connectivity index (χ2v) is 10.7. The molecule has 0 saturated heterocycles. The summed E-state index contributed by atoms with van der Waals surface area (Å²) in [7, 11) is 0. The minimum absolute atomic E-state index is 0.292. The van der Waals surface area contributed by atoms with Gasteiger partial charge in [-0.3, -0.25) is 4.68 Å². The Labute approximate surface area is 235 Å². The molecule has 0 amide bonds. The molecule has 0 fully saturated rings. The van der Waals surface area contributed by atoms with E-state index in [-0.39, 0.29) is 5.97 Å². The fraction of sp³-hybridized carbons (Fsp3) is 0.222. The number of nitrogens with one attached hydrogen (secondary N) is 2. The molecule has 4 rings (SSSR count). The molecule has 192 valence electrons. The van der Waals surface area contributed by atoms with E-state index in [1.807, 2.05) is 48.9 Å². The molecule has 2 heterocycles. The lowest BCUT2D eigenvalue weighted by Crippen LogP contribution is -2.21. The van der Waals surface area contributed by atoms with Crippen molar-refractivity contribution in [3.8, 4) is 0 Å². The largest absolute Gasteiger partial charge is 0.462 e. The van der Waals surface area contributed by atoms with Crippen LogP contribution >= 0.6 is 46.8 Å². The van der Waals surface area contributed by atoms with Crippen molar-refractivity contribution in [2.75, 3.05) is 17.2 Å². The monoisotopic (exact) mass is 572 g/mol. The van der Waals surface area contributed by atoms with E-state index in [9.17, 15) is 4.79 Å². The minimum atomic E-state index is -0.386. The molecule has 0 aliphatic rings. The van der Waals surface area contributed by atoms with Gasteiger partial charge in [0.15, 0.2) is 5.11 Å². The van der Waals surface area contributed by atoms with Crippen molar-refractivity contribution >= 4 is 68.5 Å². The van der Waals surface area contributed by atoms with Gasteiger partial charge in [0.05, 0.1) is 35.8 Å². The predicted octanol–water partition coefficient (Wildman–Crippen LogP) is 7.49. The van der Waals surface area contributed by atoms with Crippen molar-refractivity contribution in [1.82, 2.24) is 9.78 Å². The fourth-order valence-electron chi connectivity index (χ4n) is 3.87. The highest BCUT2D eigenvalue weighted by molar-refractivity contribution is 7.80. The molecule has 2 aromatic carbocycles. The molecule has 0 aliphatic heterocycles. The number of aromatic nitrogens is 2. The molecule has 0 aliphatic carbocycles. The van der Waals surface area contributed by atoms with Crippen molar-refractivity contribution in [3.63, 3.8) is 0 Å². The Morgan fingerprint density at radius 2 is 1.86 bits per heavy atom. The summed E-state index contributed by atoms with van der Waals surface area (Å²) in [6.45, 7) is 6.44. The van der Waals surface area contributed by atoms with Crippen LogP contribution < -0.4 is 10.6 Å². The van der Waals surface area contributed by atoms with E-state index in [0.29, 0.717) is 45.3 Å². The van der Waals surface area contributed by atoms with Crippen LogP contribution in [0.3, 0.4) is 0 Å². The van der Waals surface area contributed by atoms with Crippen molar-refractivity contribution < 1.29 is 9.53 Å². The summed E-state index contributed by atoms with van der Waals surface area (Å²) in [5.41, 5.74) is 5.01. The molecule has 2 aromatic heterocycles. The number of thiophene rings is 1. The number of rotatable bonds is 8. The summed E-state index contributed by atoms with van der Waals surface area (Å²) >= 11 is 19.5. The molecule has 10 heteroatoms. The van der Waals surface area contributed by atoms with E-state index in [1.54, 1.807) is 19.1 Å². The molecule has 6 nitrogen and oxygen atoms in total. The number of halogens is 2. The van der Waals surface area contributed by atoms with E-state index in [0.717, 1.165) is 33.1 Å². The van der Waals surface area contributed by atoms with Crippen molar-refractivity contribution in [1.29, 1.82) is 0 Å². The summed E-state index contributed by atoms with van der Waals surface area (Å²) in [5, 5.41) is 13.3. The van der Waals surface area contributed by atoms with E-state index in [2.05, 4.69) is 27.9 Å². The van der Waals surface area contributed by atoms with Crippen LogP contribution in [-0.4, -0.2) is 27.5 Å². The number of carbonyl (C=O) groups is 1. The summed E-state index contributed by atoms with van der Waals surface area (Å²) in [6.07, 6.45) is 0.706. The van der Waals surface area contributed by atoms with Crippen LogP contribution in [0.15, 0.2) is 54.6 Å².